The van der Waals surface area contributed by atoms with Gasteiger partial charge in [0, 0.05) is 12.1 Å². The first kappa shape index (κ1) is 16.0. The Morgan fingerprint density at radius 1 is 1.26 bits per heavy atom. The molecular weight excluding hydrogens is 308 g/mol. The third kappa shape index (κ3) is 3.92. The summed E-state index contributed by atoms with van der Waals surface area (Å²) >= 11 is 1.71. The normalized spacial score (nSPS) is 16.2. The molecule has 0 saturated carbocycles. The van der Waals surface area contributed by atoms with Gasteiger partial charge in [-0.25, -0.2) is 0 Å². The molecule has 1 aromatic heterocycles. The Labute approximate surface area is 141 Å². The molecule has 5 heteroatoms. The molecule has 1 N–H and O–H groups in total. The van der Waals surface area contributed by atoms with Crippen LogP contribution in [0.25, 0.3) is 0 Å². The van der Waals surface area contributed by atoms with Crippen LogP contribution in [0.4, 0.5) is 0 Å². The lowest BCUT2D eigenvalue weighted by Gasteiger charge is -2.27. The number of carbonyl (C=O) groups is 1. The molecule has 1 aliphatic rings. The third-order valence-corrected chi connectivity index (χ3v) is 5.02. The van der Waals surface area contributed by atoms with Gasteiger partial charge in [0.2, 0.25) is 0 Å². The fourth-order valence-electron chi connectivity index (χ4n) is 3.01. The highest BCUT2D eigenvalue weighted by molar-refractivity contribution is 7.07. The SMILES string of the molecule is COc1ccc(C(=O)NCC(c2ccsc2)N2CCCC2)cc1. The van der Waals surface area contributed by atoms with Crippen LogP contribution in [0.5, 0.6) is 5.75 Å². The Bertz CT molecular complexity index is 619. The number of likely N-dealkylation sites (tertiary alicyclic amines) is 1. The second-order valence-electron chi connectivity index (χ2n) is 5.75. The molecule has 0 aliphatic carbocycles. The zero-order valence-corrected chi connectivity index (χ0v) is 14.1. The maximum absolute atomic E-state index is 12.4. The largest absolute Gasteiger partial charge is 0.497 e. The van der Waals surface area contributed by atoms with E-state index in [2.05, 4.69) is 27.0 Å². The highest BCUT2D eigenvalue weighted by atomic mass is 32.1. The summed E-state index contributed by atoms with van der Waals surface area (Å²) in [5.41, 5.74) is 1.96. The molecule has 1 fully saturated rings. The lowest BCUT2D eigenvalue weighted by molar-refractivity contribution is 0.0938. The molecule has 1 unspecified atom stereocenters. The minimum Gasteiger partial charge on any atom is -0.497 e. The molecule has 0 radical (unpaired) electrons. The van der Waals surface area contributed by atoms with Crippen molar-refractivity contribution in [1.29, 1.82) is 0 Å². The molecule has 1 amide bonds. The minimum atomic E-state index is -0.0351. The van der Waals surface area contributed by atoms with Crippen molar-refractivity contribution in [2.24, 2.45) is 0 Å². The van der Waals surface area contributed by atoms with Crippen LogP contribution in [0.15, 0.2) is 41.1 Å². The zero-order valence-electron chi connectivity index (χ0n) is 13.3. The Balaban J connectivity index is 1.64. The molecule has 1 saturated heterocycles. The minimum absolute atomic E-state index is 0.0351. The Hall–Kier alpha value is -1.85. The van der Waals surface area contributed by atoms with E-state index in [4.69, 9.17) is 4.74 Å². The average molecular weight is 330 g/mol. The number of carbonyl (C=O) groups excluding carboxylic acids is 1. The van der Waals surface area contributed by atoms with Crippen molar-refractivity contribution in [3.8, 4) is 5.75 Å². The van der Waals surface area contributed by atoms with E-state index >= 15 is 0 Å². The van der Waals surface area contributed by atoms with Gasteiger partial charge in [-0.3, -0.25) is 9.69 Å². The van der Waals surface area contributed by atoms with E-state index in [1.54, 1.807) is 30.6 Å². The fraction of sp³-hybridized carbons (Fsp3) is 0.389. The Morgan fingerprint density at radius 2 is 2.00 bits per heavy atom. The number of thiophene rings is 1. The summed E-state index contributed by atoms with van der Waals surface area (Å²) in [6.07, 6.45) is 2.49. The number of nitrogens with one attached hydrogen (secondary N) is 1. The van der Waals surface area contributed by atoms with E-state index in [9.17, 15) is 4.79 Å². The molecule has 1 aliphatic heterocycles. The number of methoxy groups -OCH3 is 1. The van der Waals surface area contributed by atoms with Crippen LogP contribution in [-0.4, -0.2) is 37.6 Å². The van der Waals surface area contributed by atoms with E-state index in [0.717, 1.165) is 18.8 Å². The summed E-state index contributed by atoms with van der Waals surface area (Å²) in [7, 11) is 1.62. The van der Waals surface area contributed by atoms with Crippen LogP contribution in [-0.2, 0) is 0 Å². The molecule has 1 aromatic carbocycles. The predicted octanol–water partition coefficient (Wildman–Crippen LogP) is 3.32. The zero-order chi connectivity index (χ0) is 16.1. The van der Waals surface area contributed by atoms with Gasteiger partial charge in [0.15, 0.2) is 0 Å². The third-order valence-electron chi connectivity index (χ3n) is 4.32. The summed E-state index contributed by atoms with van der Waals surface area (Å²) in [4.78, 5) is 14.8. The van der Waals surface area contributed by atoms with Gasteiger partial charge in [-0.15, -0.1) is 0 Å². The van der Waals surface area contributed by atoms with Crippen LogP contribution in [0.2, 0.25) is 0 Å². The summed E-state index contributed by atoms with van der Waals surface area (Å²) in [6, 6.07) is 9.64. The summed E-state index contributed by atoms with van der Waals surface area (Å²) < 4.78 is 5.13. The van der Waals surface area contributed by atoms with Crippen molar-refractivity contribution in [1.82, 2.24) is 10.2 Å². The molecule has 2 aromatic rings. The van der Waals surface area contributed by atoms with Crippen molar-refractivity contribution in [2.75, 3.05) is 26.7 Å². The van der Waals surface area contributed by atoms with Crippen molar-refractivity contribution >= 4 is 17.2 Å². The quantitative estimate of drug-likeness (QED) is 0.883. The van der Waals surface area contributed by atoms with Gasteiger partial charge < -0.3 is 10.1 Å². The Morgan fingerprint density at radius 3 is 2.61 bits per heavy atom. The van der Waals surface area contributed by atoms with E-state index < -0.39 is 0 Å². The predicted molar refractivity (Wildman–Crippen MR) is 93.2 cm³/mol. The number of amides is 1. The van der Waals surface area contributed by atoms with Gasteiger partial charge in [0.25, 0.3) is 5.91 Å². The molecule has 4 nitrogen and oxygen atoms in total. The topological polar surface area (TPSA) is 41.6 Å². The van der Waals surface area contributed by atoms with Crippen molar-refractivity contribution in [3.05, 3.63) is 52.2 Å². The van der Waals surface area contributed by atoms with Gasteiger partial charge in [-0.05, 0) is 72.6 Å². The molecular formula is C18H22N2O2S. The number of hydrogen-bond acceptors (Lipinski definition) is 4. The standard InChI is InChI=1S/C18H22N2O2S/c1-22-16-6-4-14(5-7-16)18(21)19-12-17(15-8-11-23-13-15)20-9-2-3-10-20/h4-8,11,13,17H,2-3,9-10,12H2,1H3,(H,19,21). The molecule has 1 atom stereocenters. The molecule has 2 heterocycles. The summed E-state index contributed by atoms with van der Waals surface area (Å²) in [5, 5.41) is 7.37. The first-order valence-corrected chi connectivity index (χ1v) is 8.90. The average Bonchev–Trinajstić information content (AvgIpc) is 3.29. The van der Waals surface area contributed by atoms with Crippen molar-refractivity contribution < 1.29 is 9.53 Å². The van der Waals surface area contributed by atoms with Crippen LogP contribution in [0.1, 0.15) is 34.8 Å². The van der Waals surface area contributed by atoms with Gasteiger partial charge >= 0.3 is 0 Å². The maximum Gasteiger partial charge on any atom is 0.251 e. The number of hydrogen-bond donors (Lipinski definition) is 1. The van der Waals surface area contributed by atoms with Crippen molar-refractivity contribution in [3.63, 3.8) is 0 Å². The van der Waals surface area contributed by atoms with Gasteiger partial charge in [-0.2, -0.15) is 11.3 Å². The smallest absolute Gasteiger partial charge is 0.251 e. The van der Waals surface area contributed by atoms with Crippen LogP contribution < -0.4 is 10.1 Å². The van der Waals surface area contributed by atoms with E-state index in [1.807, 2.05) is 12.1 Å². The van der Waals surface area contributed by atoms with E-state index in [-0.39, 0.29) is 11.9 Å². The molecule has 122 valence electrons. The first-order valence-electron chi connectivity index (χ1n) is 7.96. The maximum atomic E-state index is 12.4. The summed E-state index contributed by atoms with van der Waals surface area (Å²) in [5.74, 6) is 0.724. The van der Waals surface area contributed by atoms with E-state index in [0.29, 0.717) is 12.1 Å². The number of ether oxygens (including phenoxy) is 1. The second kappa shape index (κ2) is 7.62. The number of rotatable bonds is 6. The monoisotopic (exact) mass is 330 g/mol. The molecule has 3 rings (SSSR count). The lowest BCUT2D eigenvalue weighted by Crippen LogP contribution is -2.36. The van der Waals surface area contributed by atoms with Gasteiger partial charge in [0.05, 0.1) is 13.2 Å². The number of nitrogens with zero attached hydrogens (tertiary/aromatic N) is 1. The van der Waals surface area contributed by atoms with Crippen LogP contribution >= 0.6 is 11.3 Å². The van der Waals surface area contributed by atoms with Crippen LogP contribution in [0.3, 0.4) is 0 Å². The first-order chi connectivity index (χ1) is 11.3. The fourth-order valence-corrected chi connectivity index (χ4v) is 3.72. The highest BCUT2D eigenvalue weighted by Gasteiger charge is 2.24. The van der Waals surface area contributed by atoms with E-state index in [1.165, 1.54) is 18.4 Å². The Kier molecular flexibility index (Phi) is 5.31. The second-order valence-corrected chi connectivity index (χ2v) is 6.53. The molecule has 0 bridgehead atoms. The highest BCUT2D eigenvalue weighted by Crippen LogP contribution is 2.26. The van der Waals surface area contributed by atoms with Crippen molar-refractivity contribution in [2.45, 2.75) is 18.9 Å². The van der Waals surface area contributed by atoms with Crippen LogP contribution in [0, 0.1) is 0 Å². The lowest BCUT2D eigenvalue weighted by atomic mass is 10.1. The van der Waals surface area contributed by atoms with Gasteiger partial charge in [-0.1, -0.05) is 0 Å². The number of benzene rings is 1. The van der Waals surface area contributed by atoms with Gasteiger partial charge in [0.1, 0.15) is 5.75 Å². The summed E-state index contributed by atoms with van der Waals surface area (Å²) in [6.45, 7) is 2.86. The molecule has 23 heavy (non-hydrogen) atoms. The molecule has 0 spiro atoms.